The number of nitrogens with zero attached hydrogens (tertiary/aromatic N) is 1. The Bertz CT molecular complexity index is 1010. The molecule has 0 radical (unpaired) electrons. The van der Waals surface area contributed by atoms with Gasteiger partial charge in [0.2, 0.25) is 10.0 Å². The van der Waals surface area contributed by atoms with E-state index in [1.54, 1.807) is 12.1 Å². The highest BCUT2D eigenvalue weighted by molar-refractivity contribution is 7.89. The number of halogens is 1. The van der Waals surface area contributed by atoms with Gasteiger partial charge in [0, 0.05) is 31.7 Å². The fourth-order valence-corrected chi connectivity index (χ4v) is 5.50. The molecule has 0 bridgehead atoms. The monoisotopic (exact) mass is 466 g/mol. The maximum atomic E-state index is 13.4. The molecule has 0 aliphatic carbocycles. The van der Waals surface area contributed by atoms with Crippen LogP contribution < -0.4 is 19.5 Å². The number of methoxy groups -OCH3 is 2. The van der Waals surface area contributed by atoms with Crippen LogP contribution in [-0.2, 0) is 16.4 Å². The van der Waals surface area contributed by atoms with Gasteiger partial charge in [-0.05, 0) is 56.0 Å². The molecule has 1 saturated heterocycles. The molecule has 1 atom stereocenters. The number of hydrogen-bond acceptors (Lipinski definition) is 6. The van der Waals surface area contributed by atoms with Crippen LogP contribution in [0, 0.1) is 5.82 Å². The van der Waals surface area contributed by atoms with Crippen LogP contribution in [0.15, 0.2) is 41.3 Å². The van der Waals surface area contributed by atoms with E-state index in [1.165, 1.54) is 36.7 Å². The Kier molecular flexibility index (Phi) is 8.33. The Morgan fingerprint density at radius 1 is 1.03 bits per heavy atom. The summed E-state index contributed by atoms with van der Waals surface area (Å²) < 4.78 is 57.2. The van der Waals surface area contributed by atoms with Crippen molar-refractivity contribution in [3.05, 3.63) is 47.8 Å². The minimum atomic E-state index is -3.58. The Balaban J connectivity index is 1.58. The van der Waals surface area contributed by atoms with Crippen LogP contribution in [0.2, 0.25) is 0 Å². The van der Waals surface area contributed by atoms with Gasteiger partial charge in [-0.2, -0.15) is 4.31 Å². The number of benzene rings is 2. The number of hydrogen-bond donors (Lipinski definition) is 1. The molecule has 7 nitrogen and oxygen atoms in total. The van der Waals surface area contributed by atoms with Gasteiger partial charge in [-0.15, -0.1) is 0 Å². The highest BCUT2D eigenvalue weighted by Gasteiger charge is 2.30. The van der Waals surface area contributed by atoms with Gasteiger partial charge in [0.1, 0.15) is 23.1 Å². The van der Waals surface area contributed by atoms with Gasteiger partial charge in [0.15, 0.2) is 11.5 Å². The van der Waals surface area contributed by atoms with Crippen LogP contribution in [0.3, 0.4) is 0 Å². The van der Waals surface area contributed by atoms with Crippen LogP contribution in [0.25, 0.3) is 0 Å². The van der Waals surface area contributed by atoms with E-state index in [4.69, 9.17) is 14.2 Å². The van der Waals surface area contributed by atoms with E-state index in [1.807, 2.05) is 13.0 Å². The first-order valence-electron chi connectivity index (χ1n) is 10.7. The number of nitrogens with one attached hydrogen (secondary N) is 1. The molecular formula is C23H31FN2O5S. The molecule has 0 spiro atoms. The summed E-state index contributed by atoms with van der Waals surface area (Å²) in [5.41, 5.74) is 0.899. The molecule has 1 fully saturated rings. The van der Waals surface area contributed by atoms with Gasteiger partial charge in [-0.25, -0.2) is 12.8 Å². The third-order valence-corrected chi connectivity index (χ3v) is 7.35. The Hall–Kier alpha value is -2.36. The van der Waals surface area contributed by atoms with Gasteiger partial charge in [-0.1, -0.05) is 6.07 Å². The molecule has 0 aromatic heterocycles. The highest BCUT2D eigenvalue weighted by atomic mass is 32.2. The summed E-state index contributed by atoms with van der Waals surface area (Å²) in [6.07, 6.45) is 2.40. The second kappa shape index (κ2) is 11.0. The van der Waals surface area contributed by atoms with E-state index in [0.29, 0.717) is 49.9 Å². The topological polar surface area (TPSA) is 77.1 Å². The lowest BCUT2D eigenvalue weighted by Crippen LogP contribution is -2.32. The molecule has 1 unspecified atom stereocenters. The average molecular weight is 467 g/mol. The Labute approximate surface area is 189 Å². The lowest BCUT2D eigenvalue weighted by atomic mass is 10.1. The summed E-state index contributed by atoms with van der Waals surface area (Å²) in [6.45, 7) is 3.98. The second-order valence-electron chi connectivity index (χ2n) is 7.80. The first-order valence-corrected chi connectivity index (χ1v) is 12.2. The SMILES string of the molecule is COc1ccc(F)cc1OCCNC(C)Cc1ccc(OC)c(S(=O)(=O)N2CCCC2)c1. The first kappa shape index (κ1) is 24.3. The smallest absolute Gasteiger partial charge is 0.246 e. The van der Waals surface area contributed by atoms with E-state index < -0.39 is 10.0 Å². The van der Waals surface area contributed by atoms with Crippen molar-refractivity contribution in [3.63, 3.8) is 0 Å². The van der Waals surface area contributed by atoms with Gasteiger partial charge >= 0.3 is 0 Å². The molecule has 1 aliphatic rings. The minimum Gasteiger partial charge on any atom is -0.495 e. The van der Waals surface area contributed by atoms with Gasteiger partial charge in [-0.3, -0.25) is 0 Å². The summed E-state index contributed by atoms with van der Waals surface area (Å²) in [4.78, 5) is 0.216. The van der Waals surface area contributed by atoms with Crippen LogP contribution in [-0.4, -0.2) is 59.2 Å². The summed E-state index contributed by atoms with van der Waals surface area (Å²) in [5.74, 6) is 0.804. The zero-order valence-corrected chi connectivity index (χ0v) is 19.6. The van der Waals surface area contributed by atoms with Crippen molar-refractivity contribution in [2.75, 3.05) is 40.5 Å². The molecule has 0 amide bonds. The van der Waals surface area contributed by atoms with Crippen molar-refractivity contribution in [1.29, 1.82) is 0 Å². The van der Waals surface area contributed by atoms with Crippen LogP contribution in [0.5, 0.6) is 17.2 Å². The van der Waals surface area contributed by atoms with Crippen LogP contribution in [0.1, 0.15) is 25.3 Å². The summed E-state index contributed by atoms with van der Waals surface area (Å²) in [7, 11) is -0.587. The summed E-state index contributed by atoms with van der Waals surface area (Å²) >= 11 is 0. The summed E-state index contributed by atoms with van der Waals surface area (Å²) in [6, 6.07) is 9.51. The molecule has 2 aromatic carbocycles. The largest absolute Gasteiger partial charge is 0.495 e. The van der Waals surface area contributed by atoms with Crippen molar-refractivity contribution < 1.29 is 27.0 Å². The van der Waals surface area contributed by atoms with E-state index in [2.05, 4.69) is 5.32 Å². The third-order valence-electron chi connectivity index (χ3n) is 5.43. The molecular weight excluding hydrogens is 435 g/mol. The quantitative estimate of drug-likeness (QED) is 0.513. The molecule has 2 aromatic rings. The maximum absolute atomic E-state index is 13.4. The van der Waals surface area contributed by atoms with E-state index >= 15 is 0 Å². The Morgan fingerprint density at radius 2 is 1.72 bits per heavy atom. The number of ether oxygens (including phenoxy) is 3. The lowest BCUT2D eigenvalue weighted by Gasteiger charge is -2.19. The zero-order valence-electron chi connectivity index (χ0n) is 18.8. The van der Waals surface area contributed by atoms with Crippen molar-refractivity contribution in [2.45, 2.75) is 37.1 Å². The standard InChI is InChI=1S/C23H31FN2O5S/c1-17(25-10-13-31-22-16-19(24)7-9-20(22)29-2)14-18-6-8-21(30-3)23(15-18)32(27,28)26-11-4-5-12-26/h6-9,15-17,25H,4-5,10-14H2,1-3H3. The number of rotatable bonds is 11. The van der Waals surface area contributed by atoms with Gasteiger partial charge in [0.05, 0.1) is 14.2 Å². The predicted octanol–water partition coefficient (Wildman–Crippen LogP) is 3.23. The molecule has 32 heavy (non-hydrogen) atoms. The Morgan fingerprint density at radius 3 is 2.41 bits per heavy atom. The van der Waals surface area contributed by atoms with E-state index in [-0.39, 0.29) is 16.8 Å². The average Bonchev–Trinajstić information content (AvgIpc) is 3.33. The van der Waals surface area contributed by atoms with Gasteiger partial charge in [0.25, 0.3) is 0 Å². The van der Waals surface area contributed by atoms with Crippen LogP contribution >= 0.6 is 0 Å². The first-order chi connectivity index (χ1) is 15.3. The van der Waals surface area contributed by atoms with Crippen molar-refractivity contribution >= 4 is 10.0 Å². The third kappa shape index (κ3) is 5.90. The fraction of sp³-hybridized carbons (Fsp3) is 0.478. The molecule has 0 saturated carbocycles. The zero-order chi connectivity index (χ0) is 23.1. The molecule has 1 heterocycles. The van der Waals surface area contributed by atoms with E-state index in [0.717, 1.165) is 18.4 Å². The van der Waals surface area contributed by atoms with Crippen molar-refractivity contribution in [1.82, 2.24) is 9.62 Å². The van der Waals surface area contributed by atoms with Crippen molar-refractivity contribution in [3.8, 4) is 17.2 Å². The maximum Gasteiger partial charge on any atom is 0.246 e. The molecule has 3 rings (SSSR count). The van der Waals surface area contributed by atoms with Crippen LogP contribution in [0.4, 0.5) is 4.39 Å². The van der Waals surface area contributed by atoms with Gasteiger partial charge < -0.3 is 19.5 Å². The molecule has 9 heteroatoms. The minimum absolute atomic E-state index is 0.0729. The van der Waals surface area contributed by atoms with E-state index in [9.17, 15) is 12.8 Å². The second-order valence-corrected chi connectivity index (χ2v) is 9.71. The highest BCUT2D eigenvalue weighted by Crippen LogP contribution is 2.30. The predicted molar refractivity (Wildman–Crippen MR) is 121 cm³/mol. The fourth-order valence-electron chi connectivity index (χ4n) is 3.77. The molecule has 1 aliphatic heterocycles. The lowest BCUT2D eigenvalue weighted by molar-refractivity contribution is 0.285. The normalized spacial score (nSPS) is 15.5. The summed E-state index contributed by atoms with van der Waals surface area (Å²) in [5, 5.41) is 3.34. The molecule has 1 N–H and O–H groups in total. The number of sulfonamides is 1. The molecule has 176 valence electrons. The van der Waals surface area contributed by atoms with Crippen molar-refractivity contribution in [2.24, 2.45) is 0 Å².